The van der Waals surface area contributed by atoms with Crippen LogP contribution in [0.3, 0.4) is 0 Å². The highest BCUT2D eigenvalue weighted by Crippen LogP contribution is 2.18. The van der Waals surface area contributed by atoms with Gasteiger partial charge in [-0.3, -0.25) is 4.79 Å². The quantitative estimate of drug-likeness (QED) is 0.890. The number of carbonyl (C=O) groups is 1. The Balaban J connectivity index is 1.87. The predicted octanol–water partition coefficient (Wildman–Crippen LogP) is 1.62. The van der Waals surface area contributed by atoms with Crippen LogP contribution < -0.4 is 10.1 Å². The van der Waals surface area contributed by atoms with E-state index < -0.39 is 6.10 Å². The summed E-state index contributed by atoms with van der Waals surface area (Å²) in [5.74, 6) is 0.447. The van der Waals surface area contributed by atoms with Crippen LogP contribution in [0.4, 0.5) is 0 Å². The zero-order valence-corrected chi connectivity index (χ0v) is 10.2. The minimum atomic E-state index is -0.547. The highest BCUT2D eigenvalue weighted by Gasteiger charge is 2.23. The van der Waals surface area contributed by atoms with E-state index in [4.69, 9.17) is 21.1 Å². The van der Waals surface area contributed by atoms with Gasteiger partial charge in [-0.25, -0.2) is 0 Å². The highest BCUT2D eigenvalue weighted by molar-refractivity contribution is 6.30. The van der Waals surface area contributed by atoms with Crippen molar-refractivity contribution >= 4 is 17.5 Å². The van der Waals surface area contributed by atoms with Gasteiger partial charge in [0.2, 0.25) is 0 Å². The van der Waals surface area contributed by atoms with Gasteiger partial charge < -0.3 is 14.8 Å². The molecule has 1 fully saturated rings. The van der Waals surface area contributed by atoms with Gasteiger partial charge in [0.25, 0.3) is 5.91 Å². The zero-order chi connectivity index (χ0) is 12.3. The van der Waals surface area contributed by atoms with Gasteiger partial charge >= 0.3 is 0 Å². The van der Waals surface area contributed by atoms with Crippen molar-refractivity contribution in [3.8, 4) is 5.75 Å². The number of hydrogen-bond donors (Lipinski definition) is 1. The van der Waals surface area contributed by atoms with E-state index in [1.54, 1.807) is 31.2 Å². The Hall–Kier alpha value is -1.26. The maximum Gasteiger partial charge on any atom is 0.261 e. The number of ether oxygens (including phenoxy) is 2. The first-order valence-electron chi connectivity index (χ1n) is 5.45. The molecule has 4 nitrogen and oxygen atoms in total. The number of nitrogens with one attached hydrogen (secondary N) is 1. The van der Waals surface area contributed by atoms with E-state index in [0.717, 1.165) is 0 Å². The van der Waals surface area contributed by atoms with E-state index in [2.05, 4.69) is 5.32 Å². The van der Waals surface area contributed by atoms with Crippen LogP contribution in [0.5, 0.6) is 5.75 Å². The van der Waals surface area contributed by atoms with Gasteiger partial charge in [-0.1, -0.05) is 17.7 Å². The third-order valence-corrected chi connectivity index (χ3v) is 2.70. The Labute approximate surface area is 105 Å². The van der Waals surface area contributed by atoms with Gasteiger partial charge in [-0.05, 0) is 25.1 Å². The van der Waals surface area contributed by atoms with Gasteiger partial charge in [0.05, 0.1) is 19.3 Å². The molecule has 0 radical (unpaired) electrons. The summed E-state index contributed by atoms with van der Waals surface area (Å²) < 4.78 is 10.5. The minimum absolute atomic E-state index is 0.118. The van der Waals surface area contributed by atoms with Crippen molar-refractivity contribution in [3.63, 3.8) is 0 Å². The summed E-state index contributed by atoms with van der Waals surface area (Å²) in [7, 11) is 0. The molecule has 1 aliphatic rings. The van der Waals surface area contributed by atoms with Gasteiger partial charge in [0.15, 0.2) is 6.10 Å². The van der Waals surface area contributed by atoms with Crippen molar-refractivity contribution in [1.82, 2.24) is 5.32 Å². The molecule has 1 aliphatic heterocycles. The second-order valence-electron chi connectivity index (χ2n) is 3.96. The lowest BCUT2D eigenvalue weighted by Gasteiger charge is -2.28. The van der Waals surface area contributed by atoms with Gasteiger partial charge in [0, 0.05) is 5.02 Å². The van der Waals surface area contributed by atoms with E-state index in [1.165, 1.54) is 0 Å². The number of rotatable bonds is 4. The average Bonchev–Trinajstić information content (AvgIpc) is 2.23. The number of hydrogen-bond acceptors (Lipinski definition) is 3. The standard InChI is InChI=1S/C12H14ClNO3/c1-8(12(15)14-10-6-16-7-10)17-11-4-2-3-9(13)5-11/h2-5,8,10H,6-7H2,1H3,(H,14,15). The fourth-order valence-corrected chi connectivity index (χ4v) is 1.62. The molecule has 1 aromatic carbocycles. The summed E-state index contributed by atoms with van der Waals surface area (Å²) in [4.78, 5) is 11.7. The molecule has 0 spiro atoms. The second kappa shape index (κ2) is 5.38. The lowest BCUT2D eigenvalue weighted by Crippen LogP contribution is -2.51. The zero-order valence-electron chi connectivity index (χ0n) is 9.48. The first kappa shape index (κ1) is 12.2. The van der Waals surface area contributed by atoms with Crippen LogP contribution in [-0.2, 0) is 9.53 Å². The molecule has 5 heteroatoms. The Morgan fingerprint density at radius 2 is 2.35 bits per heavy atom. The number of carbonyl (C=O) groups excluding carboxylic acids is 1. The van der Waals surface area contributed by atoms with Crippen LogP contribution in [0.1, 0.15) is 6.92 Å². The molecule has 1 unspecified atom stereocenters. The lowest BCUT2D eigenvalue weighted by atomic mass is 10.2. The van der Waals surface area contributed by atoms with Crippen molar-refractivity contribution < 1.29 is 14.3 Å². The van der Waals surface area contributed by atoms with Crippen molar-refractivity contribution in [2.45, 2.75) is 19.1 Å². The molecule has 1 aromatic rings. The van der Waals surface area contributed by atoms with Gasteiger partial charge in [-0.15, -0.1) is 0 Å². The minimum Gasteiger partial charge on any atom is -0.481 e. The van der Waals surface area contributed by atoms with E-state index in [9.17, 15) is 4.79 Å². The highest BCUT2D eigenvalue weighted by atomic mass is 35.5. The van der Waals surface area contributed by atoms with E-state index >= 15 is 0 Å². The number of benzene rings is 1. The summed E-state index contributed by atoms with van der Waals surface area (Å²) in [6, 6.07) is 7.10. The topological polar surface area (TPSA) is 47.6 Å². The molecule has 92 valence electrons. The summed E-state index contributed by atoms with van der Waals surface area (Å²) in [5.41, 5.74) is 0. The van der Waals surface area contributed by atoms with Crippen LogP contribution in [0.25, 0.3) is 0 Å². The molecule has 1 heterocycles. The summed E-state index contributed by atoms with van der Waals surface area (Å²) in [6.07, 6.45) is -0.547. The monoisotopic (exact) mass is 255 g/mol. The summed E-state index contributed by atoms with van der Waals surface area (Å²) in [5, 5.41) is 3.41. The number of halogens is 1. The smallest absolute Gasteiger partial charge is 0.261 e. The normalized spacial score (nSPS) is 17.1. The molecule has 1 atom stereocenters. The molecule has 0 saturated carbocycles. The molecular formula is C12H14ClNO3. The Morgan fingerprint density at radius 1 is 1.59 bits per heavy atom. The Kier molecular flexibility index (Phi) is 3.86. The van der Waals surface area contributed by atoms with Gasteiger partial charge in [0.1, 0.15) is 5.75 Å². The van der Waals surface area contributed by atoms with Crippen LogP contribution >= 0.6 is 11.6 Å². The predicted molar refractivity (Wildman–Crippen MR) is 64.3 cm³/mol. The van der Waals surface area contributed by atoms with Gasteiger partial charge in [-0.2, -0.15) is 0 Å². The molecule has 0 aliphatic carbocycles. The maximum absolute atomic E-state index is 11.7. The number of amides is 1. The van der Waals surface area contributed by atoms with E-state index in [-0.39, 0.29) is 11.9 Å². The molecule has 1 N–H and O–H groups in total. The average molecular weight is 256 g/mol. The molecule has 1 amide bonds. The third kappa shape index (κ3) is 3.35. The molecule has 0 aromatic heterocycles. The van der Waals surface area contributed by atoms with Crippen LogP contribution in [-0.4, -0.2) is 31.3 Å². The fourth-order valence-electron chi connectivity index (χ4n) is 1.44. The first-order valence-corrected chi connectivity index (χ1v) is 5.83. The Morgan fingerprint density at radius 3 is 2.94 bits per heavy atom. The van der Waals surface area contributed by atoms with Crippen molar-refractivity contribution in [1.29, 1.82) is 0 Å². The van der Waals surface area contributed by atoms with Crippen molar-refractivity contribution in [2.24, 2.45) is 0 Å². The van der Waals surface area contributed by atoms with Crippen molar-refractivity contribution in [3.05, 3.63) is 29.3 Å². The Bertz CT molecular complexity index is 406. The summed E-state index contributed by atoms with van der Waals surface area (Å²) >= 11 is 5.83. The molecule has 17 heavy (non-hydrogen) atoms. The van der Waals surface area contributed by atoms with Crippen LogP contribution in [0, 0.1) is 0 Å². The van der Waals surface area contributed by atoms with Crippen LogP contribution in [0.15, 0.2) is 24.3 Å². The largest absolute Gasteiger partial charge is 0.481 e. The molecule has 2 rings (SSSR count). The lowest BCUT2D eigenvalue weighted by molar-refractivity contribution is -0.131. The SMILES string of the molecule is CC(Oc1cccc(Cl)c1)C(=O)NC1COC1. The fraction of sp³-hybridized carbons (Fsp3) is 0.417. The second-order valence-corrected chi connectivity index (χ2v) is 4.40. The van der Waals surface area contributed by atoms with E-state index in [0.29, 0.717) is 24.0 Å². The molecule has 1 saturated heterocycles. The molecule has 0 bridgehead atoms. The van der Waals surface area contributed by atoms with Crippen molar-refractivity contribution in [2.75, 3.05) is 13.2 Å². The van der Waals surface area contributed by atoms with Crippen LogP contribution in [0.2, 0.25) is 5.02 Å². The summed E-state index contributed by atoms with van der Waals surface area (Å²) in [6.45, 7) is 2.86. The maximum atomic E-state index is 11.7. The first-order chi connectivity index (χ1) is 8.15. The third-order valence-electron chi connectivity index (χ3n) is 2.46. The van der Waals surface area contributed by atoms with E-state index in [1.807, 2.05) is 0 Å². The molecular weight excluding hydrogens is 242 g/mol.